The second kappa shape index (κ2) is 9.94. The van der Waals surface area contributed by atoms with E-state index in [1.807, 2.05) is 0 Å². The largest absolute Gasteiger partial charge is 0.228 e. The van der Waals surface area contributed by atoms with E-state index < -0.39 is 5.41 Å². The lowest BCUT2D eigenvalue weighted by Crippen LogP contribution is -2.25. The summed E-state index contributed by atoms with van der Waals surface area (Å²) >= 11 is 0. The molecular weight excluding hydrogens is 569 g/mol. The molecule has 2 aliphatic rings. The van der Waals surface area contributed by atoms with Gasteiger partial charge in [0.1, 0.15) is 0 Å². The molecule has 218 valence electrons. The fourth-order valence-corrected chi connectivity index (χ4v) is 8.11. The van der Waals surface area contributed by atoms with Gasteiger partial charge in [0.15, 0.2) is 5.82 Å². The molecule has 0 amide bonds. The highest BCUT2D eigenvalue weighted by molar-refractivity contribution is 5.97. The minimum atomic E-state index is -0.401. The lowest BCUT2D eigenvalue weighted by Gasteiger charge is -2.30. The topological polar surface area (TPSA) is 25.8 Å². The Bertz CT molecular complexity index is 2450. The van der Waals surface area contributed by atoms with Crippen LogP contribution in [0.5, 0.6) is 0 Å². The van der Waals surface area contributed by atoms with Crippen molar-refractivity contribution in [1.29, 1.82) is 0 Å². The average Bonchev–Trinajstić information content (AvgIpc) is 3.62. The Morgan fingerprint density at radius 2 is 0.830 bits per heavy atom. The third-order valence-corrected chi connectivity index (χ3v) is 10.1. The number of aromatic nitrogens is 2. The Morgan fingerprint density at radius 3 is 1.49 bits per heavy atom. The van der Waals surface area contributed by atoms with E-state index in [-0.39, 0.29) is 0 Å². The van der Waals surface area contributed by atoms with Crippen LogP contribution in [0, 0.1) is 0 Å². The van der Waals surface area contributed by atoms with Gasteiger partial charge in [-0.25, -0.2) is 9.97 Å². The van der Waals surface area contributed by atoms with Crippen molar-refractivity contribution in [1.82, 2.24) is 9.97 Å². The molecule has 0 fully saturated rings. The predicted molar refractivity (Wildman–Crippen MR) is 192 cm³/mol. The third kappa shape index (κ3) is 3.67. The number of nitrogens with zero attached hydrogens (tertiary/aromatic N) is 2. The van der Waals surface area contributed by atoms with Crippen LogP contribution >= 0.6 is 0 Å². The molecule has 0 saturated carbocycles. The molecule has 0 atom stereocenters. The van der Waals surface area contributed by atoms with Crippen molar-refractivity contribution >= 4 is 10.9 Å². The molecule has 1 spiro atoms. The maximum Gasteiger partial charge on any atom is 0.160 e. The molecule has 47 heavy (non-hydrogen) atoms. The maximum absolute atomic E-state index is 5.31. The van der Waals surface area contributed by atoms with Crippen molar-refractivity contribution < 1.29 is 0 Å². The van der Waals surface area contributed by atoms with Gasteiger partial charge in [-0.3, -0.25) is 0 Å². The molecule has 0 aliphatic heterocycles. The molecule has 0 bridgehead atoms. The van der Waals surface area contributed by atoms with Crippen molar-refractivity contribution in [3.05, 3.63) is 192 Å². The molecule has 8 aromatic rings. The molecule has 10 rings (SSSR count). The van der Waals surface area contributed by atoms with Gasteiger partial charge >= 0.3 is 0 Å². The van der Waals surface area contributed by atoms with Crippen molar-refractivity contribution in [2.45, 2.75) is 5.41 Å². The van der Waals surface area contributed by atoms with Gasteiger partial charge in [-0.15, -0.1) is 0 Å². The summed E-state index contributed by atoms with van der Waals surface area (Å²) in [6.45, 7) is 0. The standard InChI is InChI=1S/C45H28N2/c1-2-12-29(13-3-1)30-22-24-31(25-23-30)43-37-17-7-11-21-42(37)46-44(47-43)32-26-27-36-35-16-6-10-20-40(35)45(41(36)28-32)38-18-8-4-14-33(38)34-15-5-9-19-39(34)45/h1-28H. The zero-order valence-electron chi connectivity index (χ0n) is 25.6. The van der Waals surface area contributed by atoms with Gasteiger partial charge in [0.25, 0.3) is 0 Å². The highest BCUT2D eigenvalue weighted by Gasteiger charge is 2.51. The van der Waals surface area contributed by atoms with E-state index in [1.54, 1.807) is 0 Å². The van der Waals surface area contributed by atoms with Gasteiger partial charge in [-0.2, -0.15) is 0 Å². The Kier molecular flexibility index (Phi) is 5.53. The highest BCUT2D eigenvalue weighted by Crippen LogP contribution is 2.62. The monoisotopic (exact) mass is 596 g/mol. The number of hydrogen-bond donors (Lipinski definition) is 0. The molecule has 0 saturated heterocycles. The molecule has 2 heteroatoms. The van der Waals surface area contributed by atoms with Crippen molar-refractivity contribution in [2.24, 2.45) is 0 Å². The normalized spacial score (nSPS) is 13.3. The summed E-state index contributed by atoms with van der Waals surface area (Å²) in [4.78, 5) is 10.5. The summed E-state index contributed by atoms with van der Waals surface area (Å²) in [6, 6.07) is 61.2. The lowest BCUT2D eigenvalue weighted by atomic mass is 9.70. The van der Waals surface area contributed by atoms with E-state index in [4.69, 9.17) is 9.97 Å². The third-order valence-electron chi connectivity index (χ3n) is 10.1. The molecule has 2 aliphatic carbocycles. The summed E-state index contributed by atoms with van der Waals surface area (Å²) in [5.41, 5.74) is 16.4. The lowest BCUT2D eigenvalue weighted by molar-refractivity contribution is 0.794. The van der Waals surface area contributed by atoms with Crippen molar-refractivity contribution in [2.75, 3.05) is 0 Å². The first kappa shape index (κ1) is 26.1. The Labute approximate surface area is 273 Å². The highest BCUT2D eigenvalue weighted by atomic mass is 14.9. The molecule has 0 N–H and O–H groups in total. The molecule has 1 heterocycles. The first-order chi connectivity index (χ1) is 23.3. The molecule has 0 radical (unpaired) electrons. The molecule has 0 unspecified atom stereocenters. The fraction of sp³-hybridized carbons (Fsp3) is 0.0222. The molecule has 1 aromatic heterocycles. The summed E-state index contributed by atoms with van der Waals surface area (Å²) in [7, 11) is 0. The van der Waals surface area contributed by atoms with Crippen molar-refractivity contribution in [3.8, 4) is 56.0 Å². The number of fused-ring (bicyclic) bond motifs is 11. The average molecular weight is 597 g/mol. The van der Waals surface area contributed by atoms with E-state index in [9.17, 15) is 0 Å². The second-order valence-corrected chi connectivity index (χ2v) is 12.5. The first-order valence-electron chi connectivity index (χ1n) is 16.2. The van der Waals surface area contributed by atoms with E-state index in [0.29, 0.717) is 0 Å². The van der Waals surface area contributed by atoms with Gasteiger partial charge in [-0.1, -0.05) is 158 Å². The van der Waals surface area contributed by atoms with E-state index in [2.05, 4.69) is 170 Å². The van der Waals surface area contributed by atoms with Crippen LogP contribution in [0.25, 0.3) is 66.9 Å². The second-order valence-electron chi connectivity index (χ2n) is 12.5. The SMILES string of the molecule is c1ccc(-c2ccc(-c3nc(-c4ccc5c(c4)C4(c6ccccc6-c6ccccc64)c4ccccc4-5)nc4ccccc34)cc2)cc1. The summed E-state index contributed by atoms with van der Waals surface area (Å²) < 4.78 is 0. The molecular formula is C45H28N2. The van der Waals surface area contributed by atoms with Gasteiger partial charge in [0.05, 0.1) is 16.6 Å². The molecule has 2 nitrogen and oxygen atoms in total. The van der Waals surface area contributed by atoms with Gasteiger partial charge in [-0.05, 0) is 67.8 Å². The Hall–Kier alpha value is -6.12. The van der Waals surface area contributed by atoms with E-state index in [0.717, 1.165) is 33.5 Å². The van der Waals surface area contributed by atoms with Crippen LogP contribution in [0.4, 0.5) is 0 Å². The summed E-state index contributed by atoms with van der Waals surface area (Å²) in [5.74, 6) is 0.735. The smallest absolute Gasteiger partial charge is 0.160 e. The van der Waals surface area contributed by atoms with E-state index >= 15 is 0 Å². The minimum Gasteiger partial charge on any atom is -0.228 e. The number of benzene rings is 7. The van der Waals surface area contributed by atoms with Gasteiger partial charge < -0.3 is 0 Å². The van der Waals surface area contributed by atoms with Crippen LogP contribution in [0.2, 0.25) is 0 Å². The Morgan fingerprint density at radius 1 is 0.340 bits per heavy atom. The first-order valence-corrected chi connectivity index (χ1v) is 16.2. The van der Waals surface area contributed by atoms with Gasteiger partial charge in [0, 0.05) is 16.5 Å². The minimum absolute atomic E-state index is 0.401. The van der Waals surface area contributed by atoms with Crippen LogP contribution < -0.4 is 0 Å². The summed E-state index contributed by atoms with van der Waals surface area (Å²) in [6.07, 6.45) is 0. The quantitative estimate of drug-likeness (QED) is 0.203. The van der Waals surface area contributed by atoms with Gasteiger partial charge in [0.2, 0.25) is 0 Å². The number of hydrogen-bond acceptors (Lipinski definition) is 2. The Balaban J connectivity index is 1.19. The van der Waals surface area contributed by atoms with E-state index in [1.165, 1.54) is 55.6 Å². The maximum atomic E-state index is 5.31. The van der Waals surface area contributed by atoms with Crippen LogP contribution in [0.15, 0.2) is 170 Å². The van der Waals surface area contributed by atoms with Crippen LogP contribution in [0.1, 0.15) is 22.3 Å². The zero-order valence-corrected chi connectivity index (χ0v) is 25.6. The summed E-state index contributed by atoms with van der Waals surface area (Å²) in [5, 5.41) is 1.05. The number of para-hydroxylation sites is 1. The van der Waals surface area contributed by atoms with Crippen LogP contribution in [0.3, 0.4) is 0 Å². The molecule has 7 aromatic carbocycles. The fourth-order valence-electron chi connectivity index (χ4n) is 8.11. The number of rotatable bonds is 3. The van der Waals surface area contributed by atoms with Crippen LogP contribution in [-0.2, 0) is 5.41 Å². The van der Waals surface area contributed by atoms with Crippen molar-refractivity contribution in [3.63, 3.8) is 0 Å². The van der Waals surface area contributed by atoms with Crippen LogP contribution in [-0.4, -0.2) is 9.97 Å². The zero-order chi connectivity index (χ0) is 31.0. The predicted octanol–water partition coefficient (Wildman–Crippen LogP) is 11.0.